The number of nitrogens with zero attached hydrogens (tertiary/aromatic N) is 3. The second kappa shape index (κ2) is 9.14. The van der Waals surface area contributed by atoms with Crippen LogP contribution in [0.2, 0.25) is 5.02 Å². The summed E-state index contributed by atoms with van der Waals surface area (Å²) in [6.07, 6.45) is 3.57. The first-order chi connectivity index (χ1) is 15.3. The van der Waals surface area contributed by atoms with Crippen LogP contribution in [0.5, 0.6) is 0 Å². The second-order valence-electron chi connectivity index (χ2n) is 7.56. The topological polar surface area (TPSA) is 74.7 Å². The molecule has 2 heterocycles. The molecular weight excluding hydrogens is 444 g/mol. The van der Waals surface area contributed by atoms with Crippen LogP contribution in [0.3, 0.4) is 0 Å². The molecule has 162 valence electrons. The van der Waals surface area contributed by atoms with Gasteiger partial charge in [-0.1, -0.05) is 23.7 Å². The number of amides is 2. The van der Waals surface area contributed by atoms with Gasteiger partial charge in [-0.3, -0.25) is 14.6 Å². The Morgan fingerprint density at radius 3 is 2.78 bits per heavy atom. The van der Waals surface area contributed by atoms with Crippen LogP contribution in [0.25, 0.3) is 17.0 Å². The summed E-state index contributed by atoms with van der Waals surface area (Å²) < 4.78 is 0. The fourth-order valence-corrected chi connectivity index (χ4v) is 4.50. The molecule has 1 aromatic heterocycles. The molecule has 1 aliphatic heterocycles. The van der Waals surface area contributed by atoms with Gasteiger partial charge in [-0.25, -0.2) is 4.99 Å². The number of fused-ring (bicyclic) bond motifs is 1. The molecule has 32 heavy (non-hydrogen) atoms. The number of hydrogen-bond acceptors (Lipinski definition) is 5. The van der Waals surface area contributed by atoms with E-state index >= 15 is 0 Å². The summed E-state index contributed by atoms with van der Waals surface area (Å²) in [5.74, 6) is -0.292. The fraction of sp³-hybridized carbons (Fsp3) is 0.167. The number of aliphatic imine (C=N–C) groups is 1. The minimum Gasteiger partial charge on any atom is -0.310 e. The standard InChI is InChI=1S/C24H21ClN4O2S/c1-14(2)29(15(3)30)18-7-8-19(25)21(13-18)27-24-28-23(31)22(32-24)12-16-6-9-20-17(11-16)5-4-10-26-20/h4-14H,1-3H3,(H,27,28,31). The quantitative estimate of drug-likeness (QED) is 0.514. The molecule has 1 fully saturated rings. The van der Waals surface area contributed by atoms with Gasteiger partial charge < -0.3 is 10.2 Å². The molecule has 0 atom stereocenters. The van der Waals surface area contributed by atoms with Gasteiger partial charge >= 0.3 is 0 Å². The molecule has 0 radical (unpaired) electrons. The van der Waals surface area contributed by atoms with Crippen LogP contribution in [0, 0.1) is 0 Å². The van der Waals surface area contributed by atoms with E-state index in [0.29, 0.717) is 26.5 Å². The molecule has 3 aromatic rings. The molecule has 1 N–H and O–H groups in total. The molecule has 4 rings (SSSR count). The molecule has 0 unspecified atom stereocenters. The van der Waals surface area contributed by atoms with Gasteiger partial charge in [0, 0.05) is 30.2 Å². The van der Waals surface area contributed by atoms with Gasteiger partial charge in [-0.2, -0.15) is 0 Å². The molecule has 1 saturated heterocycles. The lowest BCUT2D eigenvalue weighted by Crippen LogP contribution is -2.35. The molecular formula is C24H21ClN4O2S. The summed E-state index contributed by atoms with van der Waals surface area (Å²) in [5.41, 5.74) is 2.98. The zero-order valence-electron chi connectivity index (χ0n) is 17.8. The van der Waals surface area contributed by atoms with Crippen molar-refractivity contribution in [2.75, 3.05) is 4.90 Å². The van der Waals surface area contributed by atoms with E-state index in [1.165, 1.54) is 18.7 Å². The van der Waals surface area contributed by atoms with Crippen molar-refractivity contribution in [1.29, 1.82) is 0 Å². The minimum atomic E-state index is -0.222. The predicted molar refractivity (Wildman–Crippen MR) is 132 cm³/mol. The third kappa shape index (κ3) is 4.69. The highest BCUT2D eigenvalue weighted by atomic mass is 35.5. The molecule has 0 aliphatic carbocycles. The SMILES string of the molecule is CC(=O)N(c1ccc(Cl)c(N=C2NC(=O)C(=Cc3ccc4ncccc4c3)S2)c1)C(C)C. The summed E-state index contributed by atoms with van der Waals surface area (Å²) >= 11 is 7.59. The van der Waals surface area contributed by atoms with Gasteiger partial charge in [0.2, 0.25) is 5.91 Å². The monoisotopic (exact) mass is 464 g/mol. The number of amidine groups is 1. The van der Waals surface area contributed by atoms with Crippen molar-refractivity contribution in [2.24, 2.45) is 4.99 Å². The molecule has 0 bridgehead atoms. The average Bonchev–Trinajstić information content (AvgIpc) is 3.08. The van der Waals surface area contributed by atoms with Crippen molar-refractivity contribution in [3.63, 3.8) is 0 Å². The van der Waals surface area contributed by atoms with Crippen molar-refractivity contribution in [3.8, 4) is 0 Å². The summed E-state index contributed by atoms with van der Waals surface area (Å²) in [7, 11) is 0. The van der Waals surface area contributed by atoms with Gasteiger partial charge in [-0.05, 0) is 73.6 Å². The predicted octanol–water partition coefficient (Wildman–Crippen LogP) is 5.54. The minimum absolute atomic E-state index is 0.0126. The van der Waals surface area contributed by atoms with Crippen molar-refractivity contribution in [1.82, 2.24) is 10.3 Å². The number of thioether (sulfide) groups is 1. The van der Waals surface area contributed by atoms with E-state index in [4.69, 9.17) is 11.6 Å². The van der Waals surface area contributed by atoms with Gasteiger partial charge in [0.1, 0.15) is 0 Å². The number of anilines is 1. The van der Waals surface area contributed by atoms with Gasteiger partial charge in [0.05, 0.1) is 21.1 Å². The number of benzene rings is 2. The van der Waals surface area contributed by atoms with E-state index in [1.54, 1.807) is 29.3 Å². The zero-order chi connectivity index (χ0) is 22.8. The number of pyridine rings is 1. The van der Waals surface area contributed by atoms with Crippen LogP contribution < -0.4 is 10.2 Å². The molecule has 1 aliphatic rings. The number of carbonyl (C=O) groups excluding carboxylic acids is 2. The van der Waals surface area contributed by atoms with Crippen molar-refractivity contribution >= 4 is 68.7 Å². The van der Waals surface area contributed by atoms with Crippen molar-refractivity contribution in [2.45, 2.75) is 26.8 Å². The van der Waals surface area contributed by atoms with E-state index in [1.807, 2.05) is 50.3 Å². The lowest BCUT2D eigenvalue weighted by atomic mass is 10.1. The third-order valence-electron chi connectivity index (χ3n) is 4.86. The van der Waals surface area contributed by atoms with E-state index in [2.05, 4.69) is 15.3 Å². The van der Waals surface area contributed by atoms with E-state index in [-0.39, 0.29) is 17.9 Å². The number of carbonyl (C=O) groups is 2. The maximum absolute atomic E-state index is 12.5. The summed E-state index contributed by atoms with van der Waals surface area (Å²) in [6.45, 7) is 5.40. The molecule has 2 aromatic carbocycles. The normalized spacial score (nSPS) is 16.2. The largest absolute Gasteiger partial charge is 0.310 e. The first-order valence-electron chi connectivity index (χ1n) is 10.1. The summed E-state index contributed by atoms with van der Waals surface area (Å²) in [6, 6.07) is 14.9. The number of rotatable bonds is 4. The number of nitrogens with one attached hydrogen (secondary N) is 1. The van der Waals surface area contributed by atoms with E-state index < -0.39 is 0 Å². The Morgan fingerprint density at radius 1 is 1.22 bits per heavy atom. The first kappa shape index (κ1) is 22.0. The van der Waals surface area contributed by atoms with Gasteiger partial charge in [0.15, 0.2) is 5.17 Å². The van der Waals surface area contributed by atoms with E-state index in [0.717, 1.165) is 16.5 Å². The van der Waals surface area contributed by atoms with Crippen molar-refractivity contribution in [3.05, 3.63) is 70.2 Å². The molecule has 0 spiro atoms. The number of aromatic nitrogens is 1. The number of halogens is 1. The smallest absolute Gasteiger partial charge is 0.264 e. The Kier molecular flexibility index (Phi) is 6.30. The van der Waals surface area contributed by atoms with Crippen LogP contribution in [0.15, 0.2) is 64.6 Å². The van der Waals surface area contributed by atoms with Crippen molar-refractivity contribution < 1.29 is 9.59 Å². The van der Waals surface area contributed by atoms with Crippen LogP contribution in [0.4, 0.5) is 11.4 Å². The highest BCUT2D eigenvalue weighted by Crippen LogP contribution is 2.34. The third-order valence-corrected chi connectivity index (χ3v) is 6.09. The molecule has 2 amide bonds. The van der Waals surface area contributed by atoms with Crippen LogP contribution in [-0.2, 0) is 9.59 Å². The lowest BCUT2D eigenvalue weighted by Gasteiger charge is -2.25. The van der Waals surface area contributed by atoms with Gasteiger partial charge in [0.25, 0.3) is 5.91 Å². The average molecular weight is 465 g/mol. The Labute approximate surface area is 195 Å². The maximum atomic E-state index is 12.5. The second-order valence-corrected chi connectivity index (χ2v) is 8.99. The van der Waals surface area contributed by atoms with Crippen LogP contribution >= 0.6 is 23.4 Å². The van der Waals surface area contributed by atoms with E-state index in [9.17, 15) is 9.59 Å². The van der Waals surface area contributed by atoms with Gasteiger partial charge in [-0.15, -0.1) is 0 Å². The Morgan fingerprint density at radius 2 is 2.03 bits per heavy atom. The van der Waals surface area contributed by atoms with Crippen LogP contribution in [0.1, 0.15) is 26.3 Å². The highest BCUT2D eigenvalue weighted by molar-refractivity contribution is 8.18. The Hall–Kier alpha value is -3.16. The molecule has 0 saturated carbocycles. The van der Waals surface area contributed by atoms with Crippen LogP contribution in [-0.4, -0.2) is 28.0 Å². The first-order valence-corrected chi connectivity index (χ1v) is 11.2. The summed E-state index contributed by atoms with van der Waals surface area (Å²) in [5, 5.41) is 4.65. The Balaban J connectivity index is 1.62. The zero-order valence-corrected chi connectivity index (χ0v) is 19.4. The fourth-order valence-electron chi connectivity index (χ4n) is 3.51. The molecule has 6 nitrogen and oxygen atoms in total. The maximum Gasteiger partial charge on any atom is 0.264 e. The number of hydrogen-bond donors (Lipinski definition) is 1. The molecule has 8 heteroatoms. The Bertz CT molecular complexity index is 1290. The lowest BCUT2D eigenvalue weighted by molar-refractivity contribution is -0.117. The highest BCUT2D eigenvalue weighted by Gasteiger charge is 2.24. The summed E-state index contributed by atoms with van der Waals surface area (Å²) in [4.78, 5) is 35.6.